The van der Waals surface area contributed by atoms with Crippen LogP contribution in [-0.4, -0.2) is 30.3 Å². The Morgan fingerprint density at radius 3 is 2.73 bits per heavy atom. The molecule has 2 aliphatic heterocycles. The molecule has 2 rings (SSSR count). The minimum absolute atomic E-state index is 0.279. The second-order valence-electron chi connectivity index (χ2n) is 4.60. The van der Waals surface area contributed by atoms with E-state index in [1.165, 1.54) is 6.42 Å². The summed E-state index contributed by atoms with van der Waals surface area (Å²) in [5.41, 5.74) is 2.60. The van der Waals surface area contributed by atoms with Gasteiger partial charge < -0.3 is 10.1 Å². The minimum atomic E-state index is 0.279. The molecule has 5 heteroatoms. The molecule has 0 aliphatic carbocycles. The Balaban J connectivity index is 1.95. The van der Waals surface area contributed by atoms with Crippen molar-refractivity contribution < 1.29 is 4.74 Å². The number of fused-ring (bicyclic) bond motifs is 2. The zero-order chi connectivity index (χ0) is 10.8. The average Bonchev–Trinajstić information content (AvgIpc) is 2.77. The van der Waals surface area contributed by atoms with Crippen molar-refractivity contribution in [2.75, 3.05) is 0 Å². The quantitative estimate of drug-likeness (QED) is 0.263. The van der Waals surface area contributed by atoms with Gasteiger partial charge in [-0.1, -0.05) is 0 Å². The number of nitrogens with one attached hydrogen (secondary N) is 2. The summed E-state index contributed by atoms with van der Waals surface area (Å²) in [5, 5.41) is 3.17. The molecule has 86 valence electrons. The van der Waals surface area contributed by atoms with Gasteiger partial charge in [0.1, 0.15) is 0 Å². The fourth-order valence-electron chi connectivity index (χ4n) is 2.30. The van der Waals surface area contributed by atoms with E-state index in [1.807, 2.05) is 0 Å². The smallest absolute Gasteiger partial charge is 0.206 e. The van der Waals surface area contributed by atoms with Crippen molar-refractivity contribution in [3.63, 3.8) is 0 Å². The van der Waals surface area contributed by atoms with Gasteiger partial charge in [0.05, 0.1) is 18.2 Å². The molecule has 4 N–H and O–H groups in total. The normalized spacial score (nSPS) is 34.9. The van der Waals surface area contributed by atoms with Crippen LogP contribution in [-0.2, 0) is 4.74 Å². The second kappa shape index (κ2) is 4.37. The molecule has 0 aromatic carbocycles. The van der Waals surface area contributed by atoms with E-state index in [2.05, 4.69) is 29.6 Å². The van der Waals surface area contributed by atoms with Crippen molar-refractivity contribution in [3.8, 4) is 0 Å². The summed E-state index contributed by atoms with van der Waals surface area (Å²) in [7, 11) is 0. The number of hydrogen-bond donors (Lipinski definition) is 3. The number of aliphatic imine (C=N–C) groups is 1. The summed E-state index contributed by atoms with van der Waals surface area (Å²) in [5.74, 6) is 6.09. The first-order valence-corrected chi connectivity index (χ1v) is 5.65. The van der Waals surface area contributed by atoms with Crippen LogP contribution in [0.3, 0.4) is 0 Å². The van der Waals surface area contributed by atoms with E-state index in [1.54, 1.807) is 0 Å². The number of nitrogens with zero attached hydrogens (tertiary/aromatic N) is 1. The highest BCUT2D eigenvalue weighted by Crippen LogP contribution is 2.35. The molecule has 15 heavy (non-hydrogen) atoms. The molecule has 0 aromatic heterocycles. The van der Waals surface area contributed by atoms with Crippen LogP contribution in [0.1, 0.15) is 33.1 Å². The number of nitrogens with two attached hydrogens (primary N) is 1. The number of guanidine groups is 1. The molecule has 2 heterocycles. The van der Waals surface area contributed by atoms with Crippen LogP contribution >= 0.6 is 0 Å². The lowest BCUT2D eigenvalue weighted by atomic mass is 9.96. The van der Waals surface area contributed by atoms with Crippen LogP contribution in [0.5, 0.6) is 0 Å². The van der Waals surface area contributed by atoms with Crippen LogP contribution in [0, 0.1) is 0 Å². The van der Waals surface area contributed by atoms with Crippen molar-refractivity contribution in [1.82, 2.24) is 10.7 Å². The van der Waals surface area contributed by atoms with Gasteiger partial charge >= 0.3 is 0 Å². The summed E-state index contributed by atoms with van der Waals surface area (Å²) in [6, 6.07) is 0.611. The molecule has 5 nitrogen and oxygen atoms in total. The van der Waals surface area contributed by atoms with Crippen LogP contribution < -0.4 is 16.6 Å². The highest BCUT2D eigenvalue weighted by atomic mass is 16.5. The molecule has 2 bridgehead atoms. The fraction of sp³-hybridized carbons (Fsp3) is 0.900. The Bertz CT molecular complexity index is 254. The third kappa shape index (κ3) is 2.41. The first kappa shape index (κ1) is 10.7. The summed E-state index contributed by atoms with van der Waals surface area (Å²) >= 11 is 0. The molecule has 0 radical (unpaired) electrons. The number of hydrogen-bond acceptors (Lipinski definition) is 3. The number of rotatable bonds is 2. The molecule has 2 aliphatic rings. The third-order valence-electron chi connectivity index (χ3n) is 2.93. The van der Waals surface area contributed by atoms with Crippen LogP contribution in [0.4, 0.5) is 0 Å². The van der Waals surface area contributed by atoms with Crippen LogP contribution in [0.15, 0.2) is 4.99 Å². The van der Waals surface area contributed by atoms with Gasteiger partial charge in [-0.05, 0) is 33.1 Å². The van der Waals surface area contributed by atoms with Crippen LogP contribution in [0.25, 0.3) is 0 Å². The lowest BCUT2D eigenvalue weighted by Crippen LogP contribution is -2.45. The van der Waals surface area contributed by atoms with E-state index >= 15 is 0 Å². The zero-order valence-electron chi connectivity index (χ0n) is 9.36. The maximum atomic E-state index is 5.73. The Kier molecular flexibility index (Phi) is 3.11. The summed E-state index contributed by atoms with van der Waals surface area (Å²) < 4.78 is 5.73. The van der Waals surface area contributed by atoms with Gasteiger partial charge in [-0.3, -0.25) is 5.43 Å². The molecule has 2 fully saturated rings. The molecule has 0 saturated carbocycles. The molecule has 0 amide bonds. The molecule has 0 spiro atoms. The predicted octanol–water partition coefficient (Wildman–Crippen LogP) is 0.124. The van der Waals surface area contributed by atoms with E-state index < -0.39 is 0 Å². The molecule has 3 unspecified atom stereocenters. The standard InChI is InChI=1S/C10H20N4O/c1-6(2)12-10(14-11)13-8-5-7-3-4-9(8)15-7/h6-9H,3-5,11H2,1-2H3,(H2,12,13,14). The van der Waals surface area contributed by atoms with Gasteiger partial charge in [0.2, 0.25) is 5.96 Å². The van der Waals surface area contributed by atoms with Gasteiger partial charge in [-0.2, -0.15) is 0 Å². The summed E-state index contributed by atoms with van der Waals surface area (Å²) in [4.78, 5) is 4.56. The van der Waals surface area contributed by atoms with Gasteiger partial charge in [-0.25, -0.2) is 10.8 Å². The summed E-state index contributed by atoms with van der Waals surface area (Å²) in [6.45, 7) is 4.12. The Morgan fingerprint density at radius 2 is 2.27 bits per heavy atom. The lowest BCUT2D eigenvalue weighted by Gasteiger charge is -2.18. The average molecular weight is 212 g/mol. The second-order valence-corrected chi connectivity index (χ2v) is 4.60. The zero-order valence-corrected chi connectivity index (χ0v) is 9.36. The Hall–Kier alpha value is -0.810. The first-order chi connectivity index (χ1) is 7.19. The maximum Gasteiger partial charge on any atom is 0.206 e. The van der Waals surface area contributed by atoms with Crippen molar-refractivity contribution in [3.05, 3.63) is 0 Å². The minimum Gasteiger partial charge on any atom is -0.373 e. The van der Waals surface area contributed by atoms with Crippen LogP contribution in [0.2, 0.25) is 0 Å². The molecule has 0 aromatic rings. The highest BCUT2D eigenvalue weighted by molar-refractivity contribution is 5.79. The predicted molar refractivity (Wildman–Crippen MR) is 59.3 cm³/mol. The van der Waals surface area contributed by atoms with E-state index in [9.17, 15) is 0 Å². The Morgan fingerprint density at radius 1 is 1.47 bits per heavy atom. The SMILES string of the molecule is CC(C)NC(=NC1CC2CCC1O2)NN. The third-order valence-corrected chi connectivity index (χ3v) is 2.93. The molecular formula is C10H20N4O. The first-order valence-electron chi connectivity index (χ1n) is 5.65. The molecular weight excluding hydrogens is 192 g/mol. The molecule has 2 saturated heterocycles. The van der Waals surface area contributed by atoms with Crippen molar-refractivity contribution >= 4 is 5.96 Å². The monoisotopic (exact) mass is 212 g/mol. The summed E-state index contributed by atoms with van der Waals surface area (Å²) in [6.07, 6.45) is 4.11. The van der Waals surface area contributed by atoms with E-state index in [0.29, 0.717) is 24.2 Å². The van der Waals surface area contributed by atoms with Crippen molar-refractivity contribution in [1.29, 1.82) is 0 Å². The van der Waals surface area contributed by atoms with Crippen molar-refractivity contribution in [2.45, 2.75) is 57.4 Å². The maximum absolute atomic E-state index is 5.73. The lowest BCUT2D eigenvalue weighted by molar-refractivity contribution is 0.101. The van der Waals surface area contributed by atoms with Gasteiger partial charge in [0.15, 0.2) is 0 Å². The van der Waals surface area contributed by atoms with E-state index in [-0.39, 0.29) is 6.04 Å². The highest BCUT2D eigenvalue weighted by Gasteiger charge is 2.40. The van der Waals surface area contributed by atoms with E-state index in [0.717, 1.165) is 12.8 Å². The Labute approximate surface area is 90.4 Å². The largest absolute Gasteiger partial charge is 0.373 e. The van der Waals surface area contributed by atoms with E-state index in [4.69, 9.17) is 10.6 Å². The van der Waals surface area contributed by atoms with Crippen molar-refractivity contribution in [2.24, 2.45) is 10.8 Å². The number of hydrazine groups is 1. The molecule has 3 atom stereocenters. The number of ether oxygens (including phenoxy) is 1. The van der Waals surface area contributed by atoms with Gasteiger partial charge in [0.25, 0.3) is 0 Å². The van der Waals surface area contributed by atoms with Gasteiger partial charge in [-0.15, -0.1) is 0 Å². The van der Waals surface area contributed by atoms with Gasteiger partial charge in [0, 0.05) is 6.04 Å². The topological polar surface area (TPSA) is 71.7 Å². The fourth-order valence-corrected chi connectivity index (χ4v) is 2.30.